The van der Waals surface area contributed by atoms with E-state index in [0.717, 1.165) is 77.0 Å². The Bertz CT molecular complexity index is 1130. The highest BCUT2D eigenvalue weighted by molar-refractivity contribution is 5.70. The maximum Gasteiger partial charge on any atom is 0.306 e. The molecule has 0 rings (SSSR count). The Morgan fingerprint density at radius 1 is 0.381 bits per heavy atom. The number of allylic oxidation sites excluding steroid dienone is 12. The lowest BCUT2D eigenvalue weighted by molar-refractivity contribution is -0.161. The molecule has 63 heavy (non-hydrogen) atoms. The van der Waals surface area contributed by atoms with Crippen LogP contribution in [-0.2, 0) is 19.1 Å². The van der Waals surface area contributed by atoms with Gasteiger partial charge in [-0.15, -0.1) is 0 Å². The molecule has 0 aliphatic rings. The van der Waals surface area contributed by atoms with Crippen molar-refractivity contribution in [2.45, 2.75) is 270 Å². The third kappa shape index (κ3) is 51.9. The number of unbranched alkanes of at least 4 members (excludes halogenated alkanes) is 29. The first-order valence-electron chi connectivity index (χ1n) is 27.0. The van der Waals surface area contributed by atoms with E-state index in [1.807, 2.05) is 0 Å². The molecule has 5 heteroatoms. The molecule has 1 N–H and O–H groups in total. The van der Waals surface area contributed by atoms with Crippen LogP contribution in [0.3, 0.4) is 0 Å². The maximum atomic E-state index is 12.3. The third-order valence-electron chi connectivity index (χ3n) is 11.7. The zero-order valence-electron chi connectivity index (χ0n) is 41.6. The first-order valence-corrected chi connectivity index (χ1v) is 27.0. The molecule has 364 valence electrons. The van der Waals surface area contributed by atoms with E-state index in [1.165, 1.54) is 161 Å². The average molecular weight is 879 g/mol. The quantitative estimate of drug-likeness (QED) is 0.0374. The second-order valence-corrected chi connectivity index (χ2v) is 17.9. The van der Waals surface area contributed by atoms with Crippen molar-refractivity contribution in [3.8, 4) is 0 Å². The lowest BCUT2D eigenvalue weighted by Crippen LogP contribution is -2.28. The Kier molecular flexibility index (Phi) is 51.4. The van der Waals surface area contributed by atoms with Crippen LogP contribution in [0.4, 0.5) is 0 Å². The van der Waals surface area contributed by atoms with Crippen LogP contribution in [-0.4, -0.2) is 36.4 Å². The van der Waals surface area contributed by atoms with Gasteiger partial charge in [0.15, 0.2) is 6.10 Å². The van der Waals surface area contributed by atoms with Gasteiger partial charge in [0.05, 0.1) is 6.61 Å². The van der Waals surface area contributed by atoms with Gasteiger partial charge in [-0.25, -0.2) is 0 Å². The Labute approximate surface area is 391 Å². The molecule has 0 amide bonds. The fourth-order valence-corrected chi connectivity index (χ4v) is 7.70. The molecule has 0 spiro atoms. The van der Waals surface area contributed by atoms with Crippen LogP contribution in [0.5, 0.6) is 0 Å². The van der Waals surface area contributed by atoms with Crippen LogP contribution in [0.1, 0.15) is 264 Å². The predicted molar refractivity (Wildman–Crippen MR) is 274 cm³/mol. The lowest BCUT2D eigenvalue weighted by atomic mass is 10.0. The first kappa shape index (κ1) is 60.3. The van der Waals surface area contributed by atoms with E-state index in [0.29, 0.717) is 12.8 Å². The van der Waals surface area contributed by atoms with Gasteiger partial charge in [0.1, 0.15) is 6.61 Å². The van der Waals surface area contributed by atoms with Crippen molar-refractivity contribution in [2.24, 2.45) is 0 Å². The summed E-state index contributed by atoms with van der Waals surface area (Å²) in [6.07, 6.45) is 73.1. The van der Waals surface area contributed by atoms with Crippen LogP contribution in [0.2, 0.25) is 0 Å². The summed E-state index contributed by atoms with van der Waals surface area (Å²) in [5.74, 6) is -0.594. The number of esters is 2. The van der Waals surface area contributed by atoms with E-state index in [2.05, 4.69) is 86.8 Å². The van der Waals surface area contributed by atoms with Gasteiger partial charge >= 0.3 is 11.9 Å². The molecule has 0 saturated heterocycles. The molecule has 0 saturated carbocycles. The number of hydrogen-bond donors (Lipinski definition) is 1. The largest absolute Gasteiger partial charge is 0.462 e. The number of carbonyl (C=O) groups excluding carboxylic acids is 2. The molecule has 0 aliphatic heterocycles. The molecule has 0 heterocycles. The Hall–Kier alpha value is -2.66. The van der Waals surface area contributed by atoms with Crippen LogP contribution in [0.15, 0.2) is 72.9 Å². The van der Waals surface area contributed by atoms with Gasteiger partial charge in [-0.1, -0.05) is 241 Å². The zero-order chi connectivity index (χ0) is 45.6. The number of aliphatic hydroxyl groups excluding tert-OH is 1. The molecule has 0 bridgehead atoms. The van der Waals surface area contributed by atoms with E-state index < -0.39 is 6.10 Å². The van der Waals surface area contributed by atoms with Crippen molar-refractivity contribution in [1.29, 1.82) is 0 Å². The molecule has 1 atom stereocenters. The van der Waals surface area contributed by atoms with Gasteiger partial charge in [0, 0.05) is 12.8 Å². The molecular formula is C58H102O5. The lowest BCUT2D eigenvalue weighted by Gasteiger charge is -2.15. The van der Waals surface area contributed by atoms with Crippen LogP contribution in [0.25, 0.3) is 0 Å². The molecule has 0 radical (unpaired) electrons. The molecule has 0 aliphatic carbocycles. The van der Waals surface area contributed by atoms with E-state index in [9.17, 15) is 14.7 Å². The minimum Gasteiger partial charge on any atom is -0.462 e. The van der Waals surface area contributed by atoms with Crippen LogP contribution < -0.4 is 0 Å². The van der Waals surface area contributed by atoms with Crippen molar-refractivity contribution in [3.05, 3.63) is 72.9 Å². The van der Waals surface area contributed by atoms with Crippen molar-refractivity contribution < 1.29 is 24.2 Å². The Morgan fingerprint density at radius 3 is 1.05 bits per heavy atom. The Balaban J connectivity index is 3.42. The monoisotopic (exact) mass is 879 g/mol. The zero-order valence-corrected chi connectivity index (χ0v) is 41.6. The van der Waals surface area contributed by atoms with Crippen molar-refractivity contribution >= 4 is 11.9 Å². The molecule has 5 nitrogen and oxygen atoms in total. The molecule has 0 aromatic heterocycles. The Morgan fingerprint density at radius 2 is 0.683 bits per heavy atom. The number of ether oxygens (including phenoxy) is 2. The number of carbonyl (C=O) groups is 2. The van der Waals surface area contributed by atoms with Crippen molar-refractivity contribution in [1.82, 2.24) is 0 Å². The molecule has 0 aromatic carbocycles. The van der Waals surface area contributed by atoms with E-state index >= 15 is 0 Å². The van der Waals surface area contributed by atoms with Crippen molar-refractivity contribution in [3.63, 3.8) is 0 Å². The summed E-state index contributed by atoms with van der Waals surface area (Å²) in [6.45, 7) is 4.01. The maximum absolute atomic E-state index is 12.3. The summed E-state index contributed by atoms with van der Waals surface area (Å²) in [6, 6.07) is 0. The fourth-order valence-electron chi connectivity index (χ4n) is 7.70. The highest BCUT2D eigenvalue weighted by Gasteiger charge is 2.16. The molecule has 0 fully saturated rings. The average Bonchev–Trinajstić information content (AvgIpc) is 3.29. The summed E-state index contributed by atoms with van der Waals surface area (Å²) >= 11 is 0. The van der Waals surface area contributed by atoms with Crippen molar-refractivity contribution in [2.75, 3.05) is 13.2 Å². The summed E-state index contributed by atoms with van der Waals surface area (Å²) in [7, 11) is 0. The topological polar surface area (TPSA) is 72.8 Å². The molecular weight excluding hydrogens is 777 g/mol. The van der Waals surface area contributed by atoms with Gasteiger partial charge in [-0.2, -0.15) is 0 Å². The highest BCUT2D eigenvalue weighted by Crippen LogP contribution is 2.16. The van der Waals surface area contributed by atoms with E-state index in [4.69, 9.17) is 9.47 Å². The second kappa shape index (κ2) is 53.7. The van der Waals surface area contributed by atoms with Gasteiger partial charge < -0.3 is 14.6 Å². The minimum atomic E-state index is -0.774. The van der Waals surface area contributed by atoms with Crippen LogP contribution in [0, 0.1) is 0 Å². The van der Waals surface area contributed by atoms with Gasteiger partial charge in [-0.3, -0.25) is 9.59 Å². The number of hydrogen-bond acceptors (Lipinski definition) is 5. The number of rotatable bonds is 49. The minimum absolute atomic E-state index is 0.0685. The summed E-state index contributed by atoms with van der Waals surface area (Å²) < 4.78 is 10.6. The molecule has 0 aromatic rings. The highest BCUT2D eigenvalue weighted by atomic mass is 16.6. The normalized spacial score (nSPS) is 12.7. The summed E-state index contributed by atoms with van der Waals surface area (Å²) in [5.41, 5.74) is 0. The fraction of sp³-hybridized carbons (Fsp3) is 0.759. The summed E-state index contributed by atoms with van der Waals surface area (Å²) in [4.78, 5) is 24.4. The van der Waals surface area contributed by atoms with Crippen LogP contribution >= 0.6 is 0 Å². The SMILES string of the molecule is CC/C=C\C/C=C\C/C=C\C/C=C\C/C=C\CCCCCCCCCCCCCCCCCCCCCCCC(=O)OC(CO)COC(=O)CCCCCCC/C=C\CCCCC. The van der Waals surface area contributed by atoms with E-state index in [1.54, 1.807) is 0 Å². The first-order chi connectivity index (χ1) is 31.1. The number of aliphatic hydroxyl groups is 1. The predicted octanol–water partition coefficient (Wildman–Crippen LogP) is 18.0. The summed E-state index contributed by atoms with van der Waals surface area (Å²) in [5, 5.41) is 9.60. The molecule has 1 unspecified atom stereocenters. The van der Waals surface area contributed by atoms with E-state index in [-0.39, 0.29) is 25.2 Å². The smallest absolute Gasteiger partial charge is 0.306 e. The van der Waals surface area contributed by atoms with Gasteiger partial charge in [0.2, 0.25) is 0 Å². The van der Waals surface area contributed by atoms with Gasteiger partial charge in [0.25, 0.3) is 0 Å². The van der Waals surface area contributed by atoms with Gasteiger partial charge in [-0.05, 0) is 83.5 Å². The second-order valence-electron chi connectivity index (χ2n) is 17.9. The standard InChI is InChI=1S/C58H102O5/c1-3-5-7-9-11-13-15-17-18-19-20-21-22-23-24-25-26-27-28-29-30-31-32-33-34-35-36-37-38-39-40-41-43-45-47-49-51-53-58(61)63-56(54-59)55-62-57(60)52-50-48-46-44-42-16-14-12-10-8-6-4-2/h5,7,11-14,17-18,20-21,23-24,56,59H,3-4,6,8-10,15-16,19,22,25-55H2,1-2H3/b7-5-,13-11-,14-12-,18-17-,21-20-,24-23-. The third-order valence-corrected chi connectivity index (χ3v) is 11.7.